The minimum Gasteiger partial charge on any atom is -0.486 e. The van der Waals surface area contributed by atoms with Gasteiger partial charge in [0.15, 0.2) is 11.5 Å². The van der Waals surface area contributed by atoms with E-state index in [1.807, 2.05) is 12.1 Å². The van der Waals surface area contributed by atoms with Gasteiger partial charge in [-0.25, -0.2) is 0 Å². The smallest absolute Gasteiger partial charge is 0.162 e. The second kappa shape index (κ2) is 7.03. The summed E-state index contributed by atoms with van der Waals surface area (Å²) in [7, 11) is 0. The molecule has 0 N–H and O–H groups in total. The summed E-state index contributed by atoms with van der Waals surface area (Å²) in [6, 6.07) is 6.04. The zero-order valence-corrected chi connectivity index (χ0v) is 11.3. The van der Waals surface area contributed by atoms with Gasteiger partial charge in [-0.15, -0.1) is 11.8 Å². The molecule has 0 aromatic heterocycles. The van der Waals surface area contributed by atoms with E-state index in [9.17, 15) is 0 Å². The van der Waals surface area contributed by atoms with E-state index < -0.39 is 0 Å². The highest BCUT2D eigenvalue weighted by Gasteiger charge is 2.11. The van der Waals surface area contributed by atoms with Crippen molar-refractivity contribution in [2.75, 3.05) is 37.9 Å². The van der Waals surface area contributed by atoms with Gasteiger partial charge >= 0.3 is 0 Å². The minimum absolute atomic E-state index is 0.631. The number of fused-ring (bicyclic) bond motifs is 1. The predicted molar refractivity (Wildman–Crippen MR) is 72.8 cm³/mol. The molecule has 0 bridgehead atoms. The molecular weight excluding hydrogens is 256 g/mol. The molecule has 0 amide bonds. The Morgan fingerprint density at radius 1 is 1.18 bits per heavy atom. The highest BCUT2D eigenvalue weighted by Crippen LogP contribution is 2.33. The van der Waals surface area contributed by atoms with Crippen LogP contribution in [-0.2, 0) is 4.74 Å². The Morgan fingerprint density at radius 3 is 2.82 bits per heavy atom. The van der Waals surface area contributed by atoms with Crippen LogP contribution in [0.5, 0.6) is 11.5 Å². The van der Waals surface area contributed by atoms with Gasteiger partial charge in [-0.2, -0.15) is 12.6 Å². The first-order chi connectivity index (χ1) is 8.40. The van der Waals surface area contributed by atoms with Gasteiger partial charge in [0.2, 0.25) is 0 Å². The Hall–Kier alpha value is -0.520. The predicted octanol–water partition coefficient (Wildman–Crippen LogP) is 2.50. The van der Waals surface area contributed by atoms with E-state index in [1.54, 1.807) is 11.8 Å². The Bertz CT molecular complexity index is 358. The molecule has 1 aliphatic heterocycles. The average molecular weight is 272 g/mol. The maximum atomic E-state index is 5.53. The lowest BCUT2D eigenvalue weighted by atomic mass is 10.3. The van der Waals surface area contributed by atoms with Crippen molar-refractivity contribution in [2.24, 2.45) is 0 Å². The second-order valence-electron chi connectivity index (χ2n) is 3.49. The van der Waals surface area contributed by atoms with Crippen molar-refractivity contribution < 1.29 is 14.2 Å². The van der Waals surface area contributed by atoms with Crippen molar-refractivity contribution in [2.45, 2.75) is 4.90 Å². The van der Waals surface area contributed by atoms with Crippen molar-refractivity contribution in [3.63, 3.8) is 0 Å². The summed E-state index contributed by atoms with van der Waals surface area (Å²) in [6.45, 7) is 2.73. The van der Waals surface area contributed by atoms with Crippen molar-refractivity contribution in [3.8, 4) is 11.5 Å². The van der Waals surface area contributed by atoms with Crippen LogP contribution in [0.3, 0.4) is 0 Å². The summed E-state index contributed by atoms with van der Waals surface area (Å²) in [5, 5.41) is 0. The van der Waals surface area contributed by atoms with Gasteiger partial charge in [-0.05, 0) is 18.2 Å². The summed E-state index contributed by atoms with van der Waals surface area (Å²) >= 11 is 5.84. The largest absolute Gasteiger partial charge is 0.486 e. The number of benzene rings is 1. The third-order valence-electron chi connectivity index (χ3n) is 2.25. The van der Waals surface area contributed by atoms with Gasteiger partial charge < -0.3 is 14.2 Å². The van der Waals surface area contributed by atoms with E-state index in [4.69, 9.17) is 14.2 Å². The molecule has 1 aromatic carbocycles. The maximum Gasteiger partial charge on any atom is 0.162 e. The van der Waals surface area contributed by atoms with Crippen molar-refractivity contribution >= 4 is 24.4 Å². The number of thioether (sulfide) groups is 1. The van der Waals surface area contributed by atoms with Gasteiger partial charge in [0.1, 0.15) is 13.2 Å². The highest BCUT2D eigenvalue weighted by molar-refractivity contribution is 7.99. The molecule has 1 heterocycles. The van der Waals surface area contributed by atoms with Gasteiger partial charge in [-0.1, -0.05) is 0 Å². The number of rotatable bonds is 6. The quantitative estimate of drug-likeness (QED) is 0.489. The van der Waals surface area contributed by atoms with Crippen LogP contribution in [0.2, 0.25) is 0 Å². The Labute approximate surface area is 111 Å². The monoisotopic (exact) mass is 272 g/mol. The molecule has 0 unspecified atom stereocenters. The summed E-state index contributed by atoms with van der Waals surface area (Å²) in [4.78, 5) is 1.18. The van der Waals surface area contributed by atoms with Crippen molar-refractivity contribution in [1.29, 1.82) is 0 Å². The Kier molecular flexibility index (Phi) is 5.35. The van der Waals surface area contributed by atoms with Gasteiger partial charge in [-0.3, -0.25) is 0 Å². The minimum atomic E-state index is 0.631. The van der Waals surface area contributed by atoms with Gasteiger partial charge in [0.25, 0.3) is 0 Å². The molecule has 1 aliphatic rings. The SMILES string of the molecule is SCCOCCSc1ccc2c(c1)OCCO2. The van der Waals surface area contributed by atoms with E-state index in [2.05, 4.69) is 18.7 Å². The summed E-state index contributed by atoms with van der Waals surface area (Å²) in [5.74, 6) is 3.40. The zero-order valence-electron chi connectivity index (χ0n) is 9.55. The van der Waals surface area contributed by atoms with Crippen LogP contribution in [0.15, 0.2) is 23.1 Å². The van der Waals surface area contributed by atoms with E-state index in [-0.39, 0.29) is 0 Å². The lowest BCUT2D eigenvalue weighted by Crippen LogP contribution is -2.15. The highest BCUT2D eigenvalue weighted by atomic mass is 32.2. The first-order valence-electron chi connectivity index (χ1n) is 5.61. The molecule has 2 rings (SSSR count). The number of ether oxygens (including phenoxy) is 3. The molecule has 0 saturated carbocycles. The van der Waals surface area contributed by atoms with Crippen LogP contribution < -0.4 is 9.47 Å². The topological polar surface area (TPSA) is 27.7 Å². The van der Waals surface area contributed by atoms with Crippen LogP contribution in [0, 0.1) is 0 Å². The van der Waals surface area contributed by atoms with E-state index in [1.165, 1.54) is 4.90 Å². The van der Waals surface area contributed by atoms with Gasteiger partial charge in [0.05, 0.1) is 13.2 Å². The molecule has 1 aromatic rings. The Balaban J connectivity index is 1.81. The molecule has 0 atom stereocenters. The molecule has 0 aliphatic carbocycles. The first-order valence-corrected chi connectivity index (χ1v) is 7.23. The normalized spacial score (nSPS) is 13.7. The van der Waals surface area contributed by atoms with Crippen LogP contribution in [0.1, 0.15) is 0 Å². The second-order valence-corrected chi connectivity index (χ2v) is 5.11. The van der Waals surface area contributed by atoms with Crippen LogP contribution in [0.4, 0.5) is 0 Å². The fourth-order valence-electron chi connectivity index (χ4n) is 1.50. The molecule has 0 radical (unpaired) electrons. The van der Waals surface area contributed by atoms with Crippen LogP contribution in [0.25, 0.3) is 0 Å². The fourth-order valence-corrected chi connectivity index (χ4v) is 2.42. The molecular formula is C12H16O3S2. The summed E-state index contributed by atoms with van der Waals surface area (Å²) < 4.78 is 16.4. The van der Waals surface area contributed by atoms with Gasteiger partial charge in [0, 0.05) is 16.4 Å². The number of hydrogen-bond acceptors (Lipinski definition) is 5. The summed E-state index contributed by atoms with van der Waals surface area (Å²) in [5.41, 5.74) is 0. The molecule has 17 heavy (non-hydrogen) atoms. The number of thiol groups is 1. The standard InChI is InChI=1S/C12H16O3S2/c16-7-5-13-6-8-17-10-1-2-11-12(9-10)15-4-3-14-11/h1-2,9,16H,3-8H2. The van der Waals surface area contributed by atoms with Crippen molar-refractivity contribution in [1.82, 2.24) is 0 Å². The van der Waals surface area contributed by atoms with E-state index >= 15 is 0 Å². The molecule has 5 heteroatoms. The summed E-state index contributed by atoms with van der Waals surface area (Å²) in [6.07, 6.45) is 0. The van der Waals surface area contributed by atoms with Crippen LogP contribution >= 0.6 is 24.4 Å². The fraction of sp³-hybridized carbons (Fsp3) is 0.500. The molecule has 0 saturated heterocycles. The lowest BCUT2D eigenvalue weighted by Gasteiger charge is -2.18. The van der Waals surface area contributed by atoms with E-state index in [0.29, 0.717) is 19.8 Å². The average Bonchev–Trinajstić information content (AvgIpc) is 2.38. The third kappa shape index (κ3) is 4.01. The lowest BCUT2D eigenvalue weighted by molar-refractivity contribution is 0.167. The maximum absolute atomic E-state index is 5.53. The molecule has 94 valence electrons. The molecule has 0 spiro atoms. The first kappa shape index (κ1) is 12.9. The van der Waals surface area contributed by atoms with Crippen LogP contribution in [-0.4, -0.2) is 37.9 Å². The van der Waals surface area contributed by atoms with E-state index in [0.717, 1.165) is 29.6 Å². The third-order valence-corrected chi connectivity index (χ3v) is 3.39. The Morgan fingerprint density at radius 2 is 2.00 bits per heavy atom. The molecule has 3 nitrogen and oxygen atoms in total. The number of hydrogen-bond donors (Lipinski definition) is 1. The molecule has 0 fully saturated rings. The zero-order chi connectivity index (χ0) is 11.9. The van der Waals surface area contributed by atoms with Crippen molar-refractivity contribution in [3.05, 3.63) is 18.2 Å².